The average molecular weight is 591 g/mol. The van der Waals surface area contributed by atoms with E-state index in [1.807, 2.05) is 18.7 Å². The van der Waals surface area contributed by atoms with Crippen LogP contribution in [-0.4, -0.2) is 79.8 Å². The first kappa shape index (κ1) is 30.0. The van der Waals surface area contributed by atoms with E-state index in [9.17, 15) is 22.8 Å². The van der Waals surface area contributed by atoms with Crippen LogP contribution in [-0.2, 0) is 27.7 Å². The molecular formula is C28H38N4O6S2. The van der Waals surface area contributed by atoms with Crippen LogP contribution in [0.2, 0.25) is 0 Å². The number of fused-ring (bicyclic) bond motifs is 1. The average Bonchev–Trinajstić information content (AvgIpc) is 3.61. The van der Waals surface area contributed by atoms with E-state index >= 15 is 0 Å². The summed E-state index contributed by atoms with van der Waals surface area (Å²) in [5, 5.41) is 3.37. The van der Waals surface area contributed by atoms with Crippen molar-refractivity contribution in [2.75, 3.05) is 44.6 Å². The number of likely N-dealkylation sites (tertiary alicyclic amines) is 1. The van der Waals surface area contributed by atoms with Gasteiger partial charge < -0.3 is 19.9 Å². The van der Waals surface area contributed by atoms with E-state index < -0.39 is 22.0 Å². The molecule has 0 spiro atoms. The summed E-state index contributed by atoms with van der Waals surface area (Å²) in [6.07, 6.45) is 3.40. The molecule has 2 aromatic rings. The van der Waals surface area contributed by atoms with Gasteiger partial charge in [-0.3, -0.25) is 9.59 Å². The number of ether oxygens (including phenoxy) is 1. The first-order valence-electron chi connectivity index (χ1n) is 14.0. The van der Waals surface area contributed by atoms with Crippen LogP contribution in [0.25, 0.3) is 0 Å². The lowest BCUT2D eigenvalue weighted by Crippen LogP contribution is -2.36. The van der Waals surface area contributed by atoms with E-state index in [0.29, 0.717) is 69.1 Å². The van der Waals surface area contributed by atoms with E-state index in [0.717, 1.165) is 23.3 Å². The number of amides is 3. The van der Waals surface area contributed by atoms with Crippen LogP contribution in [0, 0.1) is 0 Å². The smallest absolute Gasteiger partial charge is 0.410 e. The number of benzene rings is 1. The fourth-order valence-electron chi connectivity index (χ4n) is 5.12. The van der Waals surface area contributed by atoms with Crippen molar-refractivity contribution < 1.29 is 27.5 Å². The maximum Gasteiger partial charge on any atom is 0.410 e. The highest BCUT2D eigenvalue weighted by Crippen LogP contribution is 2.39. The summed E-state index contributed by atoms with van der Waals surface area (Å²) in [7, 11) is -3.66. The zero-order chi connectivity index (χ0) is 28.9. The minimum atomic E-state index is -3.66. The van der Waals surface area contributed by atoms with Gasteiger partial charge in [-0.15, -0.1) is 11.3 Å². The summed E-state index contributed by atoms with van der Waals surface area (Å²) in [5.74, 6) is -0.539. The highest BCUT2D eigenvalue weighted by atomic mass is 32.2. The summed E-state index contributed by atoms with van der Waals surface area (Å²) in [6.45, 7) is 8.87. The van der Waals surface area contributed by atoms with Gasteiger partial charge in [0.05, 0.1) is 23.6 Å². The molecule has 1 aromatic heterocycles. The van der Waals surface area contributed by atoms with Crippen molar-refractivity contribution in [2.24, 2.45) is 0 Å². The summed E-state index contributed by atoms with van der Waals surface area (Å²) in [4.78, 5) is 43.6. The number of hydrogen-bond donors (Lipinski definition) is 1. The molecule has 0 bridgehead atoms. The van der Waals surface area contributed by atoms with Crippen LogP contribution in [0.15, 0.2) is 29.2 Å². The van der Waals surface area contributed by atoms with Gasteiger partial charge in [0.25, 0.3) is 11.8 Å². The predicted octanol–water partition coefficient (Wildman–Crippen LogP) is 4.56. The molecule has 0 atom stereocenters. The van der Waals surface area contributed by atoms with E-state index in [-0.39, 0.29) is 23.0 Å². The Bertz CT molecular complexity index is 1330. The second kappa shape index (κ2) is 13.1. The van der Waals surface area contributed by atoms with E-state index in [2.05, 4.69) is 5.32 Å². The van der Waals surface area contributed by atoms with Crippen LogP contribution in [0.4, 0.5) is 9.80 Å². The number of nitrogens with one attached hydrogen (secondary N) is 1. The summed E-state index contributed by atoms with van der Waals surface area (Å²) >= 11 is 1.30. The van der Waals surface area contributed by atoms with Crippen LogP contribution >= 0.6 is 11.3 Å². The molecule has 10 nitrogen and oxygen atoms in total. The molecule has 1 N–H and O–H groups in total. The SMILES string of the molecule is CCCN(CCC)S(=O)(=O)c1ccc(C(=O)Nc2sc3c(c2C(=O)N2CCCC2)CCN(C(=O)OCC)C3)cc1. The van der Waals surface area contributed by atoms with Crippen LogP contribution in [0.3, 0.4) is 0 Å². The molecule has 12 heteroatoms. The lowest BCUT2D eigenvalue weighted by atomic mass is 10.0. The largest absolute Gasteiger partial charge is 0.450 e. The number of hydrogen-bond acceptors (Lipinski definition) is 7. The fourth-order valence-corrected chi connectivity index (χ4v) is 7.99. The van der Waals surface area contributed by atoms with Gasteiger partial charge in [-0.1, -0.05) is 13.8 Å². The Morgan fingerprint density at radius 3 is 2.23 bits per heavy atom. The third-order valence-corrected chi connectivity index (χ3v) is 10.2. The maximum absolute atomic E-state index is 13.6. The number of carbonyl (C=O) groups excluding carboxylic acids is 3. The molecule has 2 aliphatic heterocycles. The Morgan fingerprint density at radius 2 is 1.62 bits per heavy atom. The number of anilines is 1. The Labute approximate surface area is 240 Å². The van der Waals surface area contributed by atoms with Gasteiger partial charge in [-0.2, -0.15) is 4.31 Å². The Hall–Kier alpha value is -2.96. The second-order valence-electron chi connectivity index (χ2n) is 9.96. The molecule has 3 amide bonds. The first-order chi connectivity index (χ1) is 19.2. The third kappa shape index (κ3) is 6.34. The molecule has 4 rings (SSSR count). The van der Waals surface area contributed by atoms with E-state index in [1.54, 1.807) is 11.8 Å². The van der Waals surface area contributed by atoms with Crippen molar-refractivity contribution >= 4 is 44.3 Å². The number of sulfonamides is 1. The third-order valence-electron chi connectivity index (χ3n) is 7.12. The number of rotatable bonds is 10. The molecule has 1 aromatic carbocycles. The Morgan fingerprint density at radius 1 is 0.975 bits per heavy atom. The van der Waals surface area contributed by atoms with Crippen molar-refractivity contribution in [3.8, 4) is 0 Å². The Kier molecular flexibility index (Phi) is 9.85. The standard InChI is InChI=1S/C28H38N4O6S2/c1-4-14-32(15-5-2)40(36,37)21-11-9-20(10-12-21)25(33)29-26-24(27(34)30-16-7-8-17-30)22-13-18-31(19-23(22)39-26)28(35)38-6-3/h9-12H,4-8,13-19H2,1-3H3,(H,29,33). The molecular weight excluding hydrogens is 552 g/mol. The lowest BCUT2D eigenvalue weighted by Gasteiger charge is -2.26. The monoisotopic (exact) mass is 590 g/mol. The number of nitrogens with zero attached hydrogens (tertiary/aromatic N) is 3. The van der Waals surface area contributed by atoms with Crippen molar-refractivity contribution in [2.45, 2.75) is 64.3 Å². The van der Waals surface area contributed by atoms with Gasteiger partial charge >= 0.3 is 6.09 Å². The van der Waals surface area contributed by atoms with Gasteiger partial charge in [0.15, 0.2) is 0 Å². The summed E-state index contributed by atoms with van der Waals surface area (Å²) in [6, 6.07) is 5.90. The predicted molar refractivity (Wildman–Crippen MR) is 154 cm³/mol. The summed E-state index contributed by atoms with van der Waals surface area (Å²) < 4.78 is 32.8. The quantitative estimate of drug-likeness (QED) is 0.434. The highest BCUT2D eigenvalue weighted by molar-refractivity contribution is 7.89. The zero-order valence-electron chi connectivity index (χ0n) is 23.4. The molecule has 0 unspecified atom stereocenters. The van der Waals surface area contributed by atoms with E-state index in [4.69, 9.17) is 4.74 Å². The number of thiophene rings is 1. The van der Waals surface area contributed by atoms with E-state index in [1.165, 1.54) is 39.9 Å². The van der Waals surface area contributed by atoms with Crippen molar-refractivity contribution in [3.63, 3.8) is 0 Å². The first-order valence-corrected chi connectivity index (χ1v) is 16.2. The minimum absolute atomic E-state index is 0.108. The van der Waals surface area contributed by atoms with Crippen LogP contribution < -0.4 is 5.32 Å². The Balaban J connectivity index is 1.59. The van der Waals surface area contributed by atoms with Gasteiger partial charge in [-0.25, -0.2) is 13.2 Å². The molecule has 218 valence electrons. The second-order valence-corrected chi connectivity index (χ2v) is 13.0. The van der Waals surface area contributed by atoms with Crippen LogP contribution in [0.5, 0.6) is 0 Å². The van der Waals surface area contributed by atoms with Gasteiger partial charge in [0, 0.05) is 43.2 Å². The molecule has 1 fully saturated rings. The molecule has 2 aliphatic rings. The number of carbonyl (C=O) groups is 3. The molecule has 0 radical (unpaired) electrons. The van der Waals surface area contributed by atoms with Crippen molar-refractivity contribution in [1.29, 1.82) is 0 Å². The molecule has 40 heavy (non-hydrogen) atoms. The van der Waals surface area contributed by atoms with Gasteiger partial charge in [0.1, 0.15) is 5.00 Å². The van der Waals surface area contributed by atoms with Crippen molar-refractivity contribution in [3.05, 3.63) is 45.8 Å². The van der Waals surface area contributed by atoms with Gasteiger partial charge in [0.2, 0.25) is 10.0 Å². The van der Waals surface area contributed by atoms with Gasteiger partial charge in [-0.05, 0) is 68.9 Å². The lowest BCUT2D eigenvalue weighted by molar-refractivity contribution is 0.0792. The zero-order valence-corrected chi connectivity index (χ0v) is 25.0. The normalized spacial score (nSPS) is 15.3. The fraction of sp³-hybridized carbons (Fsp3) is 0.536. The molecule has 3 heterocycles. The summed E-state index contributed by atoms with van der Waals surface area (Å²) in [5.41, 5.74) is 1.65. The minimum Gasteiger partial charge on any atom is -0.450 e. The molecule has 0 aliphatic carbocycles. The molecule has 1 saturated heterocycles. The molecule has 0 saturated carbocycles. The highest BCUT2D eigenvalue weighted by Gasteiger charge is 2.33. The van der Waals surface area contributed by atoms with Crippen LogP contribution in [0.1, 0.15) is 77.6 Å². The topological polar surface area (TPSA) is 116 Å². The van der Waals surface area contributed by atoms with Crippen molar-refractivity contribution in [1.82, 2.24) is 14.1 Å². The maximum atomic E-state index is 13.6.